The van der Waals surface area contributed by atoms with Crippen molar-refractivity contribution in [2.45, 2.75) is 19.9 Å². The number of nitrogen functional groups attached to an aromatic ring is 1. The average molecular weight is 293 g/mol. The second-order valence-corrected chi connectivity index (χ2v) is 5.12. The fourth-order valence-electron chi connectivity index (χ4n) is 2.20. The number of halogens is 2. The van der Waals surface area contributed by atoms with Crippen LogP contribution in [0.2, 0.25) is 5.02 Å². The van der Waals surface area contributed by atoms with E-state index < -0.39 is 0 Å². The third kappa shape index (κ3) is 3.42. The minimum atomic E-state index is -0.276. The van der Waals surface area contributed by atoms with Gasteiger partial charge in [-0.15, -0.1) is 0 Å². The van der Waals surface area contributed by atoms with Gasteiger partial charge in [-0.1, -0.05) is 30.7 Å². The van der Waals surface area contributed by atoms with Gasteiger partial charge >= 0.3 is 0 Å². The van der Waals surface area contributed by atoms with Crippen molar-refractivity contribution in [3.05, 3.63) is 58.9 Å². The molecule has 0 amide bonds. The Morgan fingerprint density at radius 1 is 1.20 bits per heavy atom. The van der Waals surface area contributed by atoms with Gasteiger partial charge in [-0.3, -0.25) is 0 Å². The molecule has 20 heavy (non-hydrogen) atoms. The van der Waals surface area contributed by atoms with Gasteiger partial charge in [-0.05, 0) is 42.3 Å². The van der Waals surface area contributed by atoms with E-state index in [4.69, 9.17) is 17.3 Å². The number of rotatable bonds is 5. The van der Waals surface area contributed by atoms with Crippen LogP contribution in [0.4, 0.5) is 15.8 Å². The Hall–Kier alpha value is -1.74. The average Bonchev–Trinajstić information content (AvgIpc) is 2.43. The Kier molecular flexibility index (Phi) is 4.85. The molecule has 0 saturated heterocycles. The number of hydrogen-bond donors (Lipinski definition) is 1. The first-order valence-corrected chi connectivity index (χ1v) is 7.03. The van der Waals surface area contributed by atoms with Crippen molar-refractivity contribution >= 4 is 23.0 Å². The molecule has 0 aliphatic carbocycles. The summed E-state index contributed by atoms with van der Waals surface area (Å²) in [5, 5.41) is 0.571. The first-order valence-electron chi connectivity index (χ1n) is 6.65. The highest BCUT2D eigenvalue weighted by atomic mass is 35.5. The summed E-state index contributed by atoms with van der Waals surface area (Å²) in [5.41, 5.74) is 8.46. The van der Waals surface area contributed by atoms with E-state index in [1.807, 2.05) is 24.3 Å². The highest BCUT2D eigenvalue weighted by Gasteiger charge is 2.12. The Bertz CT molecular complexity index is 586. The quantitative estimate of drug-likeness (QED) is 0.823. The molecule has 106 valence electrons. The summed E-state index contributed by atoms with van der Waals surface area (Å²) in [4.78, 5) is 2.12. The molecule has 4 heteroatoms. The molecule has 2 aromatic carbocycles. The Morgan fingerprint density at radius 2 is 1.95 bits per heavy atom. The molecule has 0 spiro atoms. The number of nitrogens with two attached hydrogens (primary N) is 1. The number of hydrogen-bond acceptors (Lipinski definition) is 2. The van der Waals surface area contributed by atoms with E-state index in [0.717, 1.165) is 24.2 Å². The fourth-order valence-corrected chi connectivity index (χ4v) is 2.38. The third-order valence-corrected chi connectivity index (χ3v) is 3.51. The minimum absolute atomic E-state index is 0.276. The van der Waals surface area contributed by atoms with E-state index >= 15 is 0 Å². The van der Waals surface area contributed by atoms with Gasteiger partial charge in [0.1, 0.15) is 5.82 Å². The zero-order chi connectivity index (χ0) is 14.5. The van der Waals surface area contributed by atoms with Gasteiger partial charge in [0.15, 0.2) is 0 Å². The van der Waals surface area contributed by atoms with Crippen LogP contribution in [-0.2, 0) is 6.54 Å². The van der Waals surface area contributed by atoms with Crippen LogP contribution in [0.5, 0.6) is 0 Å². The highest BCUT2D eigenvalue weighted by Crippen LogP contribution is 2.27. The van der Waals surface area contributed by atoms with Crippen LogP contribution in [-0.4, -0.2) is 6.54 Å². The van der Waals surface area contributed by atoms with Crippen molar-refractivity contribution in [2.24, 2.45) is 0 Å². The zero-order valence-electron chi connectivity index (χ0n) is 11.4. The Labute approximate surface area is 124 Å². The predicted octanol–water partition coefficient (Wildman–Crippen LogP) is 4.48. The van der Waals surface area contributed by atoms with E-state index in [1.54, 1.807) is 6.07 Å². The van der Waals surface area contributed by atoms with Gasteiger partial charge in [0.25, 0.3) is 0 Å². The molecule has 0 aliphatic rings. The molecule has 2 aromatic rings. The van der Waals surface area contributed by atoms with Gasteiger partial charge in [-0.2, -0.15) is 0 Å². The van der Waals surface area contributed by atoms with Crippen LogP contribution in [0.3, 0.4) is 0 Å². The monoisotopic (exact) mass is 292 g/mol. The van der Waals surface area contributed by atoms with Crippen LogP contribution in [0.25, 0.3) is 0 Å². The summed E-state index contributed by atoms with van der Waals surface area (Å²) in [6.07, 6.45) is 0.973. The number of nitrogens with zero attached hydrogens (tertiary/aromatic N) is 1. The molecule has 0 saturated carbocycles. The van der Waals surface area contributed by atoms with E-state index in [1.165, 1.54) is 12.1 Å². The molecule has 0 atom stereocenters. The van der Waals surface area contributed by atoms with Crippen molar-refractivity contribution in [2.75, 3.05) is 17.2 Å². The summed E-state index contributed by atoms with van der Waals surface area (Å²) in [7, 11) is 0. The maximum Gasteiger partial charge on any atom is 0.123 e. The van der Waals surface area contributed by atoms with Crippen LogP contribution in [0, 0.1) is 5.82 Å². The predicted molar refractivity (Wildman–Crippen MR) is 83.6 cm³/mol. The molecule has 2 N–H and O–H groups in total. The summed E-state index contributed by atoms with van der Waals surface area (Å²) in [6, 6.07) is 12.1. The Morgan fingerprint density at radius 3 is 2.65 bits per heavy atom. The van der Waals surface area contributed by atoms with E-state index in [2.05, 4.69) is 11.8 Å². The smallest absolute Gasteiger partial charge is 0.123 e. The Balaban J connectivity index is 2.30. The SMILES string of the molecule is CCCN(Cc1cc(F)ccc1Cl)c1ccccc1N. The highest BCUT2D eigenvalue weighted by molar-refractivity contribution is 6.31. The second kappa shape index (κ2) is 6.62. The van der Waals surface area contributed by atoms with E-state index in [0.29, 0.717) is 17.3 Å². The maximum atomic E-state index is 13.4. The lowest BCUT2D eigenvalue weighted by Gasteiger charge is -2.26. The van der Waals surface area contributed by atoms with Crippen LogP contribution in [0.15, 0.2) is 42.5 Å². The summed E-state index contributed by atoms with van der Waals surface area (Å²) >= 11 is 6.14. The number of benzene rings is 2. The second-order valence-electron chi connectivity index (χ2n) is 4.72. The molecule has 0 aromatic heterocycles. The van der Waals surface area contributed by atoms with Crippen molar-refractivity contribution in [1.82, 2.24) is 0 Å². The molecular formula is C16H18ClFN2. The first kappa shape index (κ1) is 14.7. The molecule has 2 rings (SSSR count). The molecule has 0 unspecified atom stereocenters. The molecule has 0 fully saturated rings. The fraction of sp³-hybridized carbons (Fsp3) is 0.250. The zero-order valence-corrected chi connectivity index (χ0v) is 12.2. The summed E-state index contributed by atoms with van der Waals surface area (Å²) < 4.78 is 13.4. The van der Waals surface area contributed by atoms with Crippen molar-refractivity contribution in [3.63, 3.8) is 0 Å². The van der Waals surface area contributed by atoms with Gasteiger partial charge in [0.2, 0.25) is 0 Å². The van der Waals surface area contributed by atoms with E-state index in [9.17, 15) is 4.39 Å². The van der Waals surface area contributed by atoms with Crippen LogP contribution < -0.4 is 10.6 Å². The molecule has 0 bridgehead atoms. The van der Waals surface area contributed by atoms with Crippen LogP contribution in [0.1, 0.15) is 18.9 Å². The normalized spacial score (nSPS) is 10.6. The lowest BCUT2D eigenvalue weighted by atomic mass is 10.1. The van der Waals surface area contributed by atoms with Crippen molar-refractivity contribution < 1.29 is 4.39 Å². The molecular weight excluding hydrogens is 275 g/mol. The molecule has 2 nitrogen and oxygen atoms in total. The molecule has 0 heterocycles. The van der Waals surface area contributed by atoms with E-state index in [-0.39, 0.29) is 5.82 Å². The van der Waals surface area contributed by atoms with Crippen molar-refractivity contribution in [3.8, 4) is 0 Å². The number of anilines is 2. The lowest BCUT2D eigenvalue weighted by Crippen LogP contribution is -2.24. The summed E-state index contributed by atoms with van der Waals surface area (Å²) in [6.45, 7) is 3.47. The summed E-state index contributed by atoms with van der Waals surface area (Å²) in [5.74, 6) is -0.276. The standard InChI is InChI=1S/C16H18ClFN2/c1-2-9-20(16-6-4-3-5-15(16)19)11-12-10-13(18)7-8-14(12)17/h3-8,10H,2,9,11,19H2,1H3. The number of para-hydroxylation sites is 2. The van der Waals surface area contributed by atoms with Gasteiger partial charge in [0, 0.05) is 18.1 Å². The van der Waals surface area contributed by atoms with Crippen molar-refractivity contribution in [1.29, 1.82) is 0 Å². The topological polar surface area (TPSA) is 29.3 Å². The van der Waals surface area contributed by atoms with Gasteiger partial charge in [0.05, 0.1) is 11.4 Å². The van der Waals surface area contributed by atoms with Gasteiger partial charge in [-0.25, -0.2) is 4.39 Å². The largest absolute Gasteiger partial charge is 0.397 e. The maximum absolute atomic E-state index is 13.4. The lowest BCUT2D eigenvalue weighted by molar-refractivity contribution is 0.624. The minimum Gasteiger partial charge on any atom is -0.397 e. The molecule has 0 radical (unpaired) electrons. The van der Waals surface area contributed by atoms with Gasteiger partial charge < -0.3 is 10.6 Å². The first-order chi connectivity index (χ1) is 9.61. The third-order valence-electron chi connectivity index (χ3n) is 3.14. The molecule has 0 aliphatic heterocycles. The van der Waals surface area contributed by atoms with Crippen LogP contribution >= 0.6 is 11.6 Å².